The van der Waals surface area contributed by atoms with Crippen LogP contribution in [-0.2, 0) is 5.41 Å². The second-order valence-electron chi connectivity index (χ2n) is 3.67. The van der Waals surface area contributed by atoms with E-state index in [0.717, 1.165) is 19.3 Å². The molecule has 1 saturated carbocycles. The van der Waals surface area contributed by atoms with Crippen LogP contribution >= 0.6 is 11.6 Å². The Morgan fingerprint density at radius 3 is 2.57 bits per heavy atom. The summed E-state index contributed by atoms with van der Waals surface area (Å²) >= 11 is 5.65. The molecule has 2 rings (SSSR count). The highest BCUT2D eigenvalue weighted by molar-refractivity contribution is 6.30. The first-order chi connectivity index (χ1) is 6.68. The maximum absolute atomic E-state index is 13.5. The van der Waals surface area contributed by atoms with Crippen molar-refractivity contribution in [2.75, 3.05) is 0 Å². The molecular weight excluding hydrogens is 201 g/mol. The van der Waals surface area contributed by atoms with Crippen LogP contribution in [0.3, 0.4) is 0 Å². The normalized spacial score (nSPS) is 18.4. The van der Waals surface area contributed by atoms with E-state index in [2.05, 4.69) is 6.07 Å². The van der Waals surface area contributed by atoms with Gasteiger partial charge in [-0.05, 0) is 31.4 Å². The highest BCUT2D eigenvalue weighted by Gasteiger charge is 2.40. The summed E-state index contributed by atoms with van der Waals surface area (Å²) in [6.45, 7) is 0. The standard InChI is InChI=1S/C11H9ClFN/c12-8-2-3-9(10(13)6-8)11(7-14)4-1-5-11/h2-3,6H,1,4-5H2. The lowest BCUT2D eigenvalue weighted by Gasteiger charge is -2.35. The fraction of sp³-hybridized carbons (Fsp3) is 0.364. The van der Waals surface area contributed by atoms with Gasteiger partial charge in [-0.1, -0.05) is 17.7 Å². The van der Waals surface area contributed by atoms with Gasteiger partial charge in [-0.25, -0.2) is 4.39 Å². The molecule has 1 nitrogen and oxygen atoms in total. The van der Waals surface area contributed by atoms with Crippen molar-refractivity contribution < 1.29 is 4.39 Å². The van der Waals surface area contributed by atoms with Crippen molar-refractivity contribution in [2.24, 2.45) is 0 Å². The van der Waals surface area contributed by atoms with Gasteiger partial charge in [0.25, 0.3) is 0 Å². The minimum atomic E-state index is -0.589. The summed E-state index contributed by atoms with van der Waals surface area (Å²) in [5, 5.41) is 9.41. The summed E-state index contributed by atoms with van der Waals surface area (Å²) in [6.07, 6.45) is 2.50. The van der Waals surface area contributed by atoms with Crippen LogP contribution in [0.5, 0.6) is 0 Å². The Kier molecular flexibility index (Phi) is 2.20. The van der Waals surface area contributed by atoms with Crippen molar-refractivity contribution in [3.8, 4) is 6.07 Å². The number of nitriles is 1. The minimum Gasteiger partial charge on any atom is -0.207 e. The van der Waals surface area contributed by atoms with E-state index in [0.29, 0.717) is 10.6 Å². The van der Waals surface area contributed by atoms with Crippen LogP contribution in [0.1, 0.15) is 24.8 Å². The molecule has 0 N–H and O–H groups in total. The van der Waals surface area contributed by atoms with E-state index in [1.807, 2.05) is 0 Å². The van der Waals surface area contributed by atoms with Gasteiger partial charge >= 0.3 is 0 Å². The zero-order valence-electron chi connectivity index (χ0n) is 7.56. The third kappa shape index (κ3) is 1.29. The van der Waals surface area contributed by atoms with Gasteiger partial charge in [0.05, 0.1) is 11.5 Å². The highest BCUT2D eigenvalue weighted by atomic mass is 35.5. The molecule has 0 aliphatic heterocycles. The molecule has 1 aliphatic carbocycles. The van der Waals surface area contributed by atoms with E-state index < -0.39 is 5.41 Å². The highest BCUT2D eigenvalue weighted by Crippen LogP contribution is 2.44. The molecule has 0 atom stereocenters. The van der Waals surface area contributed by atoms with Crippen molar-refractivity contribution in [1.82, 2.24) is 0 Å². The number of hydrogen-bond acceptors (Lipinski definition) is 1. The number of nitrogens with zero attached hydrogens (tertiary/aromatic N) is 1. The molecule has 0 aromatic heterocycles. The van der Waals surface area contributed by atoms with E-state index >= 15 is 0 Å². The predicted molar refractivity (Wildman–Crippen MR) is 52.6 cm³/mol. The number of hydrogen-bond donors (Lipinski definition) is 0. The van der Waals surface area contributed by atoms with Crippen LogP contribution in [0.15, 0.2) is 18.2 Å². The third-order valence-corrected chi connectivity index (χ3v) is 3.10. The van der Waals surface area contributed by atoms with Crippen molar-refractivity contribution >= 4 is 11.6 Å². The van der Waals surface area contributed by atoms with Gasteiger partial charge in [-0.15, -0.1) is 0 Å². The summed E-state index contributed by atoms with van der Waals surface area (Å²) in [7, 11) is 0. The summed E-state index contributed by atoms with van der Waals surface area (Å²) < 4.78 is 13.5. The minimum absolute atomic E-state index is 0.362. The molecule has 0 radical (unpaired) electrons. The molecule has 1 aromatic carbocycles. The summed E-state index contributed by atoms with van der Waals surface area (Å²) in [6, 6.07) is 6.74. The zero-order chi connectivity index (χ0) is 10.2. The smallest absolute Gasteiger partial charge is 0.129 e. The Bertz CT molecular complexity index is 404. The molecule has 0 spiro atoms. The van der Waals surface area contributed by atoms with Crippen LogP contribution in [0.4, 0.5) is 4.39 Å². The van der Waals surface area contributed by atoms with Gasteiger partial charge in [0.15, 0.2) is 0 Å². The van der Waals surface area contributed by atoms with Crippen molar-refractivity contribution in [1.29, 1.82) is 5.26 Å². The van der Waals surface area contributed by atoms with Gasteiger partial charge in [0.1, 0.15) is 5.82 Å². The fourth-order valence-corrected chi connectivity index (χ4v) is 2.01. The monoisotopic (exact) mass is 209 g/mol. The van der Waals surface area contributed by atoms with Crippen molar-refractivity contribution in [2.45, 2.75) is 24.7 Å². The number of rotatable bonds is 1. The number of benzene rings is 1. The average Bonchev–Trinajstić information content (AvgIpc) is 2.07. The molecule has 0 saturated heterocycles. The molecule has 72 valence electrons. The van der Waals surface area contributed by atoms with Crippen LogP contribution in [-0.4, -0.2) is 0 Å². The number of halogens is 2. The van der Waals surface area contributed by atoms with Crippen LogP contribution < -0.4 is 0 Å². The maximum atomic E-state index is 13.5. The molecular formula is C11H9ClFN. The lowest BCUT2D eigenvalue weighted by Crippen LogP contribution is -2.33. The zero-order valence-corrected chi connectivity index (χ0v) is 8.31. The Morgan fingerprint density at radius 1 is 1.43 bits per heavy atom. The van der Waals surface area contributed by atoms with E-state index in [9.17, 15) is 4.39 Å². The van der Waals surface area contributed by atoms with Gasteiger partial charge in [0, 0.05) is 10.6 Å². The topological polar surface area (TPSA) is 23.8 Å². The molecule has 14 heavy (non-hydrogen) atoms. The molecule has 1 aromatic rings. The van der Waals surface area contributed by atoms with Gasteiger partial charge < -0.3 is 0 Å². The van der Waals surface area contributed by atoms with Crippen LogP contribution in [0, 0.1) is 17.1 Å². The Morgan fingerprint density at radius 2 is 2.14 bits per heavy atom. The van der Waals surface area contributed by atoms with E-state index in [4.69, 9.17) is 16.9 Å². The van der Waals surface area contributed by atoms with Crippen LogP contribution in [0.25, 0.3) is 0 Å². The van der Waals surface area contributed by atoms with Crippen molar-refractivity contribution in [3.63, 3.8) is 0 Å². The first-order valence-electron chi connectivity index (χ1n) is 4.55. The van der Waals surface area contributed by atoms with E-state index in [-0.39, 0.29) is 5.82 Å². The van der Waals surface area contributed by atoms with Gasteiger partial charge in [-0.3, -0.25) is 0 Å². The van der Waals surface area contributed by atoms with Crippen LogP contribution in [0.2, 0.25) is 5.02 Å². The molecule has 0 unspecified atom stereocenters. The first-order valence-corrected chi connectivity index (χ1v) is 4.92. The second-order valence-corrected chi connectivity index (χ2v) is 4.11. The summed E-state index contributed by atoms with van der Waals surface area (Å²) in [4.78, 5) is 0. The molecule has 0 amide bonds. The molecule has 0 heterocycles. The van der Waals surface area contributed by atoms with Crippen molar-refractivity contribution in [3.05, 3.63) is 34.6 Å². The third-order valence-electron chi connectivity index (χ3n) is 2.87. The Labute approximate surface area is 87.1 Å². The summed E-state index contributed by atoms with van der Waals surface area (Å²) in [5.74, 6) is -0.362. The second kappa shape index (κ2) is 3.25. The largest absolute Gasteiger partial charge is 0.207 e. The Balaban J connectivity index is 2.46. The van der Waals surface area contributed by atoms with E-state index in [1.54, 1.807) is 12.1 Å². The maximum Gasteiger partial charge on any atom is 0.129 e. The quantitative estimate of drug-likeness (QED) is 0.695. The fourth-order valence-electron chi connectivity index (χ4n) is 1.85. The lowest BCUT2D eigenvalue weighted by molar-refractivity contribution is 0.313. The Hall–Kier alpha value is -1.07. The summed E-state index contributed by atoms with van der Waals surface area (Å²) in [5.41, 5.74) is -0.0926. The predicted octanol–water partition coefficient (Wildman–Crippen LogP) is 3.42. The molecule has 1 aliphatic rings. The lowest BCUT2D eigenvalue weighted by atomic mass is 9.65. The average molecular weight is 210 g/mol. The first kappa shape index (κ1) is 9.48. The SMILES string of the molecule is N#CC1(c2ccc(Cl)cc2F)CCC1. The molecule has 3 heteroatoms. The molecule has 1 fully saturated rings. The molecule has 0 bridgehead atoms. The van der Waals surface area contributed by atoms with Gasteiger partial charge in [0.2, 0.25) is 0 Å². The van der Waals surface area contributed by atoms with Gasteiger partial charge in [-0.2, -0.15) is 5.26 Å². The van der Waals surface area contributed by atoms with E-state index in [1.165, 1.54) is 6.07 Å².